The molecule has 0 saturated heterocycles. The molecule has 2 aromatic rings. The summed E-state index contributed by atoms with van der Waals surface area (Å²) < 4.78 is 58.1. The number of benzene rings is 2. The Labute approximate surface area is 167 Å². The molecule has 6 heteroatoms. The van der Waals surface area contributed by atoms with Gasteiger partial charge in [0.15, 0.2) is 23.3 Å². The first kappa shape index (κ1) is 21.3. The molecule has 0 unspecified atom stereocenters. The second kappa shape index (κ2) is 8.97. The van der Waals surface area contributed by atoms with Crippen LogP contribution in [0.3, 0.4) is 0 Å². The third-order valence-electron chi connectivity index (χ3n) is 5.89. The fourth-order valence-corrected chi connectivity index (χ4v) is 4.35. The molecule has 0 aromatic heterocycles. The third kappa shape index (κ3) is 4.46. The molecular formula is C23H24F4O2. The van der Waals surface area contributed by atoms with Crippen LogP contribution in [-0.2, 0) is 11.2 Å². The summed E-state index contributed by atoms with van der Waals surface area (Å²) in [4.78, 5) is 10.7. The summed E-state index contributed by atoms with van der Waals surface area (Å²) in [6.45, 7) is 2.13. The van der Waals surface area contributed by atoms with Crippen molar-refractivity contribution in [3.63, 3.8) is 0 Å². The molecule has 0 heterocycles. The monoisotopic (exact) mass is 408 g/mol. The van der Waals surface area contributed by atoms with Crippen LogP contribution in [0.1, 0.15) is 62.5 Å². The fourth-order valence-electron chi connectivity index (χ4n) is 4.35. The predicted octanol–water partition coefficient (Wildman–Crippen LogP) is 6.61. The molecule has 29 heavy (non-hydrogen) atoms. The normalized spacial score (nSPS) is 19.3. The van der Waals surface area contributed by atoms with Gasteiger partial charge < -0.3 is 5.11 Å². The zero-order valence-corrected chi connectivity index (χ0v) is 16.3. The van der Waals surface area contributed by atoms with Crippen molar-refractivity contribution in [2.75, 3.05) is 0 Å². The van der Waals surface area contributed by atoms with Crippen molar-refractivity contribution in [2.45, 2.75) is 57.8 Å². The third-order valence-corrected chi connectivity index (χ3v) is 5.89. The Morgan fingerprint density at radius 2 is 1.48 bits per heavy atom. The van der Waals surface area contributed by atoms with Gasteiger partial charge in [-0.05, 0) is 43.1 Å². The van der Waals surface area contributed by atoms with Crippen molar-refractivity contribution in [2.24, 2.45) is 5.92 Å². The van der Waals surface area contributed by atoms with Gasteiger partial charge in [0, 0.05) is 16.7 Å². The lowest BCUT2D eigenvalue weighted by Gasteiger charge is -2.29. The van der Waals surface area contributed by atoms with Gasteiger partial charge in [0.05, 0.1) is 6.42 Å². The largest absolute Gasteiger partial charge is 0.481 e. The van der Waals surface area contributed by atoms with Crippen LogP contribution < -0.4 is 0 Å². The highest BCUT2D eigenvalue weighted by molar-refractivity contribution is 5.72. The Morgan fingerprint density at radius 1 is 0.897 bits per heavy atom. The van der Waals surface area contributed by atoms with Gasteiger partial charge in [-0.2, -0.15) is 0 Å². The maximum absolute atomic E-state index is 14.8. The van der Waals surface area contributed by atoms with Crippen LogP contribution in [0, 0.1) is 29.2 Å². The van der Waals surface area contributed by atoms with E-state index in [-0.39, 0.29) is 22.6 Å². The van der Waals surface area contributed by atoms with E-state index in [0.717, 1.165) is 50.7 Å². The number of rotatable bonds is 6. The number of halogens is 4. The summed E-state index contributed by atoms with van der Waals surface area (Å²) in [6, 6.07) is 4.91. The average Bonchev–Trinajstić information content (AvgIpc) is 2.69. The van der Waals surface area contributed by atoms with Gasteiger partial charge in [0.25, 0.3) is 0 Å². The van der Waals surface area contributed by atoms with E-state index in [0.29, 0.717) is 5.92 Å². The lowest BCUT2D eigenvalue weighted by atomic mass is 9.77. The topological polar surface area (TPSA) is 37.3 Å². The number of hydrogen-bond acceptors (Lipinski definition) is 1. The van der Waals surface area contributed by atoms with E-state index >= 15 is 0 Å². The van der Waals surface area contributed by atoms with Gasteiger partial charge in [0.2, 0.25) is 0 Å². The van der Waals surface area contributed by atoms with Crippen LogP contribution in [0.2, 0.25) is 0 Å². The summed E-state index contributed by atoms with van der Waals surface area (Å²) >= 11 is 0. The number of carbonyl (C=O) groups is 1. The predicted molar refractivity (Wildman–Crippen MR) is 103 cm³/mol. The van der Waals surface area contributed by atoms with E-state index < -0.39 is 41.2 Å². The molecular weight excluding hydrogens is 384 g/mol. The molecule has 0 amide bonds. The SMILES string of the molecule is CCCC1CCC(c2ccc(-c3ccc(CC(=O)O)c(F)c3F)c(F)c2F)CC1. The molecule has 3 rings (SSSR count). The lowest BCUT2D eigenvalue weighted by Crippen LogP contribution is -2.15. The number of hydrogen-bond donors (Lipinski definition) is 1. The summed E-state index contributed by atoms with van der Waals surface area (Å²) in [6.07, 6.45) is 5.09. The Morgan fingerprint density at radius 3 is 2.07 bits per heavy atom. The van der Waals surface area contributed by atoms with Crippen molar-refractivity contribution in [1.82, 2.24) is 0 Å². The zero-order chi connectivity index (χ0) is 21.1. The van der Waals surface area contributed by atoms with E-state index in [1.807, 2.05) is 0 Å². The van der Waals surface area contributed by atoms with Crippen LogP contribution in [0.4, 0.5) is 17.6 Å². The van der Waals surface area contributed by atoms with Gasteiger partial charge in [-0.15, -0.1) is 0 Å². The van der Waals surface area contributed by atoms with Crippen molar-refractivity contribution in [1.29, 1.82) is 0 Å². The molecule has 1 aliphatic carbocycles. The lowest BCUT2D eigenvalue weighted by molar-refractivity contribution is -0.136. The molecule has 2 nitrogen and oxygen atoms in total. The molecule has 1 N–H and O–H groups in total. The quantitative estimate of drug-likeness (QED) is 0.546. The van der Waals surface area contributed by atoms with Crippen LogP contribution >= 0.6 is 0 Å². The molecule has 0 atom stereocenters. The van der Waals surface area contributed by atoms with Crippen molar-refractivity contribution in [3.8, 4) is 11.1 Å². The van der Waals surface area contributed by atoms with Crippen LogP contribution in [0.25, 0.3) is 11.1 Å². The minimum atomic E-state index is -1.38. The number of carboxylic acids is 1. The zero-order valence-electron chi connectivity index (χ0n) is 16.3. The summed E-state index contributed by atoms with van der Waals surface area (Å²) in [5.74, 6) is -5.72. The van der Waals surface area contributed by atoms with Gasteiger partial charge in [0.1, 0.15) is 0 Å². The summed E-state index contributed by atoms with van der Waals surface area (Å²) in [5.41, 5.74) is -0.861. The minimum absolute atomic E-state index is 0.0776. The Bertz CT molecular complexity index is 902. The van der Waals surface area contributed by atoms with E-state index in [4.69, 9.17) is 5.11 Å². The van der Waals surface area contributed by atoms with E-state index in [2.05, 4.69) is 6.92 Å². The van der Waals surface area contributed by atoms with Crippen LogP contribution in [0.15, 0.2) is 24.3 Å². The molecule has 0 bridgehead atoms. The van der Waals surface area contributed by atoms with Gasteiger partial charge in [-0.25, -0.2) is 17.6 Å². The van der Waals surface area contributed by atoms with E-state index in [1.54, 1.807) is 0 Å². The first-order valence-corrected chi connectivity index (χ1v) is 10.00. The van der Waals surface area contributed by atoms with Crippen LogP contribution in [-0.4, -0.2) is 11.1 Å². The highest BCUT2D eigenvalue weighted by Crippen LogP contribution is 2.40. The molecule has 2 aromatic carbocycles. The second-order valence-corrected chi connectivity index (χ2v) is 7.81. The molecule has 1 saturated carbocycles. The molecule has 1 aliphatic rings. The Hall–Kier alpha value is -2.37. The standard InChI is InChI=1S/C23H24F4O2/c1-2-3-13-4-6-14(7-5-13)16-10-11-18(23(27)21(16)25)17-9-8-15(12-19(28)29)20(24)22(17)26/h8-11,13-14H,2-7,12H2,1H3,(H,28,29). The molecule has 0 spiro atoms. The average molecular weight is 408 g/mol. The van der Waals surface area contributed by atoms with Gasteiger partial charge >= 0.3 is 5.97 Å². The molecule has 1 fully saturated rings. The second-order valence-electron chi connectivity index (χ2n) is 7.81. The Kier molecular flexibility index (Phi) is 6.60. The number of carboxylic acid groups (broad SMARTS) is 1. The first-order chi connectivity index (χ1) is 13.8. The van der Waals surface area contributed by atoms with Crippen molar-refractivity contribution < 1.29 is 27.5 Å². The minimum Gasteiger partial charge on any atom is -0.481 e. The molecule has 0 aliphatic heterocycles. The Balaban J connectivity index is 1.89. The van der Waals surface area contributed by atoms with Crippen LogP contribution in [0.5, 0.6) is 0 Å². The smallest absolute Gasteiger partial charge is 0.307 e. The van der Waals surface area contributed by atoms with Gasteiger partial charge in [-0.1, -0.05) is 44.0 Å². The maximum atomic E-state index is 14.8. The summed E-state index contributed by atoms with van der Waals surface area (Å²) in [7, 11) is 0. The molecule has 156 valence electrons. The van der Waals surface area contributed by atoms with Gasteiger partial charge in [-0.3, -0.25) is 4.79 Å². The highest BCUT2D eigenvalue weighted by Gasteiger charge is 2.27. The molecule has 0 radical (unpaired) electrons. The summed E-state index contributed by atoms with van der Waals surface area (Å²) in [5, 5.41) is 8.75. The van der Waals surface area contributed by atoms with Crippen molar-refractivity contribution >= 4 is 5.97 Å². The highest BCUT2D eigenvalue weighted by atomic mass is 19.2. The maximum Gasteiger partial charge on any atom is 0.307 e. The number of aliphatic carboxylic acids is 1. The first-order valence-electron chi connectivity index (χ1n) is 10.00. The fraction of sp³-hybridized carbons (Fsp3) is 0.435. The van der Waals surface area contributed by atoms with E-state index in [1.165, 1.54) is 12.1 Å². The van der Waals surface area contributed by atoms with E-state index in [9.17, 15) is 22.4 Å². The van der Waals surface area contributed by atoms with Crippen molar-refractivity contribution in [3.05, 3.63) is 58.7 Å².